The van der Waals surface area contributed by atoms with E-state index in [1.807, 2.05) is 31.2 Å². The number of carbonyl (C=O) groups excluding carboxylic acids is 1. The van der Waals surface area contributed by atoms with Crippen molar-refractivity contribution in [2.45, 2.75) is 6.92 Å². The number of anilines is 2. The molecule has 5 heteroatoms. The van der Waals surface area contributed by atoms with Gasteiger partial charge in [-0.05, 0) is 25.1 Å². The summed E-state index contributed by atoms with van der Waals surface area (Å²) in [6.07, 6.45) is 3.13. The van der Waals surface area contributed by atoms with E-state index in [4.69, 9.17) is 0 Å². The van der Waals surface area contributed by atoms with Crippen molar-refractivity contribution in [1.29, 1.82) is 0 Å². The zero-order valence-electron chi connectivity index (χ0n) is 9.34. The second-order valence-corrected chi connectivity index (χ2v) is 3.52. The van der Waals surface area contributed by atoms with Crippen molar-refractivity contribution >= 4 is 17.7 Å². The van der Waals surface area contributed by atoms with Crippen LogP contribution >= 0.6 is 0 Å². The Morgan fingerprint density at radius 3 is 2.35 bits per heavy atom. The first-order chi connectivity index (χ1) is 8.24. The highest BCUT2D eigenvalue weighted by Gasteiger charge is 2.03. The van der Waals surface area contributed by atoms with Crippen LogP contribution in [0.1, 0.15) is 5.56 Å². The Labute approximate surface area is 98.9 Å². The van der Waals surface area contributed by atoms with Gasteiger partial charge in [0.2, 0.25) is 5.95 Å². The topological polar surface area (TPSA) is 66.9 Å². The molecule has 0 unspecified atom stereocenters. The standard InChI is InChI=1S/C12H12N4O/c1-9-3-5-10(6-4-9)15-12(17)16-11-13-7-2-8-14-11/h2-8H,1H3,(H2,13,14,15,16,17). The Morgan fingerprint density at radius 2 is 1.71 bits per heavy atom. The summed E-state index contributed by atoms with van der Waals surface area (Å²) in [5.74, 6) is 0.275. The zero-order valence-corrected chi connectivity index (χ0v) is 9.34. The van der Waals surface area contributed by atoms with Crippen molar-refractivity contribution in [1.82, 2.24) is 9.97 Å². The van der Waals surface area contributed by atoms with Gasteiger partial charge in [0.25, 0.3) is 0 Å². The summed E-state index contributed by atoms with van der Waals surface area (Å²) >= 11 is 0. The van der Waals surface area contributed by atoms with Gasteiger partial charge < -0.3 is 5.32 Å². The minimum Gasteiger partial charge on any atom is -0.308 e. The smallest absolute Gasteiger partial charge is 0.308 e. The molecule has 86 valence electrons. The van der Waals surface area contributed by atoms with Gasteiger partial charge in [-0.3, -0.25) is 5.32 Å². The molecule has 5 nitrogen and oxygen atoms in total. The molecular weight excluding hydrogens is 216 g/mol. The van der Waals surface area contributed by atoms with Gasteiger partial charge in [-0.2, -0.15) is 0 Å². The van der Waals surface area contributed by atoms with E-state index < -0.39 is 0 Å². The van der Waals surface area contributed by atoms with E-state index in [2.05, 4.69) is 20.6 Å². The van der Waals surface area contributed by atoms with Crippen LogP contribution < -0.4 is 10.6 Å². The molecule has 0 bridgehead atoms. The maximum absolute atomic E-state index is 11.6. The predicted molar refractivity (Wildman–Crippen MR) is 65.9 cm³/mol. The molecule has 2 aromatic rings. The SMILES string of the molecule is Cc1ccc(NC(=O)Nc2ncccn2)cc1. The van der Waals surface area contributed by atoms with Gasteiger partial charge in [0.05, 0.1) is 0 Å². The lowest BCUT2D eigenvalue weighted by molar-refractivity contribution is 0.262. The van der Waals surface area contributed by atoms with Crippen LogP contribution in [0.3, 0.4) is 0 Å². The molecule has 0 saturated heterocycles. The van der Waals surface area contributed by atoms with Crippen LogP contribution in [0, 0.1) is 6.92 Å². The second kappa shape index (κ2) is 5.07. The maximum Gasteiger partial charge on any atom is 0.326 e. The van der Waals surface area contributed by atoms with Crippen molar-refractivity contribution < 1.29 is 4.79 Å². The lowest BCUT2D eigenvalue weighted by Gasteiger charge is -2.06. The van der Waals surface area contributed by atoms with Gasteiger partial charge in [-0.1, -0.05) is 17.7 Å². The van der Waals surface area contributed by atoms with E-state index in [0.29, 0.717) is 0 Å². The number of amides is 2. The highest BCUT2D eigenvalue weighted by molar-refractivity contribution is 5.98. The molecular formula is C12H12N4O. The van der Waals surface area contributed by atoms with Gasteiger partial charge in [0.1, 0.15) is 0 Å². The van der Waals surface area contributed by atoms with E-state index >= 15 is 0 Å². The number of hydrogen-bond acceptors (Lipinski definition) is 3. The Hall–Kier alpha value is -2.43. The molecule has 1 aromatic carbocycles. The monoisotopic (exact) mass is 228 g/mol. The number of nitrogens with one attached hydrogen (secondary N) is 2. The summed E-state index contributed by atoms with van der Waals surface area (Å²) in [7, 11) is 0. The van der Waals surface area contributed by atoms with Crippen molar-refractivity contribution in [3.63, 3.8) is 0 Å². The van der Waals surface area contributed by atoms with Crippen molar-refractivity contribution in [3.05, 3.63) is 48.3 Å². The van der Waals surface area contributed by atoms with Gasteiger partial charge in [0, 0.05) is 18.1 Å². The Morgan fingerprint density at radius 1 is 1.06 bits per heavy atom. The number of urea groups is 1. The van der Waals surface area contributed by atoms with Crippen LogP contribution in [0.4, 0.5) is 16.4 Å². The summed E-state index contributed by atoms with van der Waals surface area (Å²) in [6.45, 7) is 1.99. The molecule has 0 aliphatic rings. The predicted octanol–water partition coefficient (Wildman–Crippen LogP) is 2.43. The minimum absolute atomic E-state index is 0.275. The van der Waals surface area contributed by atoms with E-state index in [1.165, 1.54) is 0 Å². The summed E-state index contributed by atoms with van der Waals surface area (Å²) in [6, 6.07) is 8.84. The van der Waals surface area contributed by atoms with Gasteiger partial charge in [-0.15, -0.1) is 0 Å². The van der Waals surface area contributed by atoms with Gasteiger partial charge >= 0.3 is 6.03 Å². The van der Waals surface area contributed by atoms with Crippen LogP contribution in [0.15, 0.2) is 42.7 Å². The van der Waals surface area contributed by atoms with Crippen molar-refractivity contribution in [2.24, 2.45) is 0 Å². The highest BCUT2D eigenvalue weighted by atomic mass is 16.2. The van der Waals surface area contributed by atoms with E-state index in [0.717, 1.165) is 11.3 Å². The first kappa shape index (κ1) is 11.1. The minimum atomic E-state index is -0.361. The molecule has 2 rings (SSSR count). The third-order valence-electron chi connectivity index (χ3n) is 2.10. The zero-order chi connectivity index (χ0) is 12.1. The molecule has 1 aromatic heterocycles. The Balaban J connectivity index is 1.96. The van der Waals surface area contributed by atoms with Crippen LogP contribution in [0.5, 0.6) is 0 Å². The Bertz CT molecular complexity index is 496. The third-order valence-corrected chi connectivity index (χ3v) is 2.10. The van der Waals surface area contributed by atoms with Gasteiger partial charge in [-0.25, -0.2) is 14.8 Å². The lowest BCUT2D eigenvalue weighted by atomic mass is 10.2. The first-order valence-corrected chi connectivity index (χ1v) is 5.16. The largest absolute Gasteiger partial charge is 0.326 e. The number of aromatic nitrogens is 2. The average molecular weight is 228 g/mol. The van der Waals surface area contributed by atoms with Crippen molar-refractivity contribution in [2.75, 3.05) is 10.6 Å². The highest BCUT2D eigenvalue weighted by Crippen LogP contribution is 2.08. The molecule has 0 aliphatic carbocycles. The number of hydrogen-bond donors (Lipinski definition) is 2. The number of rotatable bonds is 2. The molecule has 0 atom stereocenters. The molecule has 1 heterocycles. The summed E-state index contributed by atoms with van der Waals surface area (Å²) in [4.78, 5) is 19.3. The van der Waals surface area contributed by atoms with Crippen molar-refractivity contribution in [3.8, 4) is 0 Å². The summed E-state index contributed by atoms with van der Waals surface area (Å²) in [5, 5.41) is 5.22. The number of benzene rings is 1. The van der Waals surface area contributed by atoms with Gasteiger partial charge in [0.15, 0.2) is 0 Å². The fraction of sp³-hybridized carbons (Fsp3) is 0.0833. The number of carbonyl (C=O) groups is 1. The Kier molecular flexibility index (Phi) is 3.30. The molecule has 0 aliphatic heterocycles. The fourth-order valence-electron chi connectivity index (χ4n) is 1.26. The maximum atomic E-state index is 11.6. The third kappa shape index (κ3) is 3.27. The second-order valence-electron chi connectivity index (χ2n) is 3.52. The normalized spacial score (nSPS) is 9.71. The molecule has 2 N–H and O–H groups in total. The molecule has 0 spiro atoms. The number of aryl methyl sites for hydroxylation is 1. The molecule has 17 heavy (non-hydrogen) atoms. The number of nitrogens with zero attached hydrogens (tertiary/aromatic N) is 2. The summed E-state index contributed by atoms with van der Waals surface area (Å²) < 4.78 is 0. The first-order valence-electron chi connectivity index (χ1n) is 5.16. The molecule has 0 saturated carbocycles. The van der Waals surface area contributed by atoms with Crippen LogP contribution in [-0.2, 0) is 0 Å². The van der Waals surface area contributed by atoms with E-state index in [-0.39, 0.29) is 12.0 Å². The molecule has 2 amide bonds. The fourth-order valence-corrected chi connectivity index (χ4v) is 1.26. The van der Waals surface area contributed by atoms with E-state index in [1.54, 1.807) is 18.5 Å². The quantitative estimate of drug-likeness (QED) is 0.829. The molecule has 0 fully saturated rings. The average Bonchev–Trinajstić information content (AvgIpc) is 2.33. The summed E-state index contributed by atoms with van der Waals surface area (Å²) in [5.41, 5.74) is 1.87. The van der Waals surface area contributed by atoms with Crippen LogP contribution in [0.2, 0.25) is 0 Å². The molecule has 0 radical (unpaired) electrons. The lowest BCUT2D eigenvalue weighted by Crippen LogP contribution is -2.20. The van der Waals surface area contributed by atoms with Crippen LogP contribution in [-0.4, -0.2) is 16.0 Å². The van der Waals surface area contributed by atoms with E-state index in [9.17, 15) is 4.79 Å². The van der Waals surface area contributed by atoms with Crippen LogP contribution in [0.25, 0.3) is 0 Å².